The zero-order chi connectivity index (χ0) is 20.6. The van der Waals surface area contributed by atoms with E-state index < -0.39 is 27.3 Å². The van der Waals surface area contributed by atoms with Crippen molar-refractivity contribution in [2.75, 3.05) is 23.7 Å². The average molecular weight is 440 g/mol. The molecular formula is C18H22ClN5O2S2. The molecule has 0 spiro atoms. The fourth-order valence-corrected chi connectivity index (χ4v) is 4.97. The Kier molecular flexibility index (Phi) is 6.17. The molecule has 3 atom stereocenters. The molecule has 3 rings (SSSR count). The number of hydrogen-bond acceptors (Lipinski definition) is 6. The van der Waals surface area contributed by atoms with E-state index in [0.717, 1.165) is 5.82 Å². The zero-order valence-corrected chi connectivity index (χ0v) is 18.6. The molecule has 150 valence electrons. The molecule has 0 radical (unpaired) electrons. The highest BCUT2D eigenvalue weighted by atomic mass is 35.5. The summed E-state index contributed by atoms with van der Waals surface area (Å²) in [4.78, 5) is 6.26. The number of anilines is 1. The lowest BCUT2D eigenvalue weighted by atomic mass is 10.2. The zero-order valence-electron chi connectivity index (χ0n) is 16.2. The van der Waals surface area contributed by atoms with Crippen LogP contribution in [0.1, 0.15) is 39.0 Å². The van der Waals surface area contributed by atoms with Gasteiger partial charge in [-0.05, 0) is 44.9 Å². The lowest BCUT2D eigenvalue weighted by molar-refractivity contribution is 0.562. The van der Waals surface area contributed by atoms with E-state index in [4.69, 9.17) is 11.6 Å². The predicted octanol–water partition coefficient (Wildman–Crippen LogP) is 2.70. The van der Waals surface area contributed by atoms with Gasteiger partial charge < -0.3 is 14.0 Å². The van der Waals surface area contributed by atoms with Crippen molar-refractivity contribution < 1.29 is 9.11 Å². The Balaban J connectivity index is 2.15. The first-order valence-electron chi connectivity index (χ1n) is 8.81. The summed E-state index contributed by atoms with van der Waals surface area (Å²) >= 11 is 4.15. The number of nitrogens with zero attached hydrogens (tertiary/aromatic N) is 5. The van der Waals surface area contributed by atoms with Gasteiger partial charge in [0.25, 0.3) is 0 Å². The number of fused-ring (bicyclic) bond motifs is 1. The summed E-state index contributed by atoms with van der Waals surface area (Å²) in [6.45, 7) is 8.70. The van der Waals surface area contributed by atoms with Crippen molar-refractivity contribution in [3.8, 4) is 6.07 Å². The molecule has 0 N–H and O–H groups in total. The minimum Gasteiger partial charge on any atom is -0.616 e. The van der Waals surface area contributed by atoms with Crippen LogP contribution in [0.5, 0.6) is 0 Å². The van der Waals surface area contributed by atoms with Crippen molar-refractivity contribution in [3.05, 3.63) is 28.7 Å². The molecule has 0 aromatic carbocycles. The number of imidazole rings is 1. The van der Waals surface area contributed by atoms with Crippen molar-refractivity contribution in [1.29, 1.82) is 5.26 Å². The van der Waals surface area contributed by atoms with Crippen LogP contribution in [0.15, 0.2) is 16.8 Å². The molecule has 0 bridgehead atoms. The third kappa shape index (κ3) is 4.11. The van der Waals surface area contributed by atoms with Crippen LogP contribution in [0.3, 0.4) is 0 Å². The number of hydrogen-bond donors (Lipinski definition) is 0. The predicted molar refractivity (Wildman–Crippen MR) is 115 cm³/mol. The van der Waals surface area contributed by atoms with Crippen LogP contribution in [-0.4, -0.2) is 53.5 Å². The summed E-state index contributed by atoms with van der Waals surface area (Å²) < 4.78 is 30.0. The Morgan fingerprint density at radius 3 is 2.82 bits per heavy atom. The molecule has 2 aromatic heterocycles. The topological polar surface area (TPSA) is 103 Å². The van der Waals surface area contributed by atoms with E-state index in [1.54, 1.807) is 23.0 Å². The standard InChI is InChI=1S/C18H22ClN5O2S2/c1-12-10-23(5-6-27(12)25)17-13(9-22-28(26)18(2,3)4)7-14(19)16-15(8-20)21-11-24(16)17/h7,9,11-12H,5-6,10H2,1-4H3/b22-9+. The monoisotopic (exact) mass is 439 g/mol. The fourth-order valence-electron chi connectivity index (χ4n) is 3.00. The SMILES string of the molecule is CC1CN(c2c(/C=N/[S+]([O-])C(C)(C)C)cc(Cl)c3c(C#N)ncn23)CC[S+]1[O-]. The molecule has 3 heterocycles. The first kappa shape index (κ1) is 21.3. The largest absolute Gasteiger partial charge is 0.616 e. The molecule has 28 heavy (non-hydrogen) atoms. The lowest BCUT2D eigenvalue weighted by Gasteiger charge is -2.35. The van der Waals surface area contributed by atoms with Gasteiger partial charge in [-0.15, -0.1) is 0 Å². The van der Waals surface area contributed by atoms with Crippen LogP contribution in [0.2, 0.25) is 5.02 Å². The second kappa shape index (κ2) is 8.13. The highest BCUT2D eigenvalue weighted by molar-refractivity contribution is 7.92. The molecule has 0 amide bonds. The van der Waals surface area contributed by atoms with Crippen molar-refractivity contribution in [3.63, 3.8) is 0 Å². The number of aromatic nitrogens is 2. The van der Waals surface area contributed by atoms with Gasteiger partial charge in [0.15, 0.2) is 5.69 Å². The Labute approximate surface area is 175 Å². The van der Waals surface area contributed by atoms with Gasteiger partial charge in [-0.1, -0.05) is 16.0 Å². The van der Waals surface area contributed by atoms with E-state index in [0.29, 0.717) is 34.9 Å². The third-order valence-corrected chi connectivity index (χ3v) is 7.73. The summed E-state index contributed by atoms with van der Waals surface area (Å²) in [7, 11) is 0. The summed E-state index contributed by atoms with van der Waals surface area (Å²) in [6, 6.07) is 3.78. The quantitative estimate of drug-likeness (QED) is 0.540. The van der Waals surface area contributed by atoms with Crippen LogP contribution < -0.4 is 4.90 Å². The van der Waals surface area contributed by atoms with Crippen LogP contribution in [0.25, 0.3) is 5.52 Å². The van der Waals surface area contributed by atoms with E-state index in [1.165, 1.54) is 0 Å². The van der Waals surface area contributed by atoms with Gasteiger partial charge in [0.05, 0.1) is 24.3 Å². The maximum absolute atomic E-state index is 12.4. The first-order chi connectivity index (χ1) is 13.1. The Morgan fingerprint density at radius 1 is 1.50 bits per heavy atom. The molecule has 2 aromatic rings. The fraction of sp³-hybridized carbons (Fsp3) is 0.500. The molecule has 3 unspecified atom stereocenters. The van der Waals surface area contributed by atoms with Gasteiger partial charge in [-0.2, -0.15) is 5.26 Å². The number of pyridine rings is 1. The summed E-state index contributed by atoms with van der Waals surface area (Å²) in [5.74, 6) is 1.31. The van der Waals surface area contributed by atoms with Crippen molar-refractivity contribution in [1.82, 2.24) is 9.38 Å². The van der Waals surface area contributed by atoms with Crippen LogP contribution in [0.4, 0.5) is 5.82 Å². The molecule has 1 aliphatic heterocycles. The Bertz CT molecular complexity index is 950. The van der Waals surface area contributed by atoms with Gasteiger partial charge in [-0.25, -0.2) is 4.98 Å². The smallest absolute Gasteiger partial charge is 0.167 e. The first-order valence-corrected chi connectivity index (χ1v) is 11.7. The van der Waals surface area contributed by atoms with Gasteiger partial charge in [0, 0.05) is 5.56 Å². The molecule has 1 aliphatic rings. The summed E-state index contributed by atoms with van der Waals surface area (Å²) in [5.41, 5.74) is 1.44. The number of nitriles is 1. The molecule has 1 saturated heterocycles. The molecule has 0 saturated carbocycles. The molecule has 0 aliphatic carbocycles. The highest BCUT2D eigenvalue weighted by Gasteiger charge is 2.31. The van der Waals surface area contributed by atoms with E-state index in [2.05, 4.69) is 20.4 Å². The number of halogens is 1. The summed E-state index contributed by atoms with van der Waals surface area (Å²) in [5, 5.41) is 9.73. The van der Waals surface area contributed by atoms with Gasteiger partial charge in [0.1, 0.15) is 50.8 Å². The Morgan fingerprint density at radius 2 is 2.21 bits per heavy atom. The normalized spacial score (nSPS) is 22.0. The maximum atomic E-state index is 12.4. The van der Waals surface area contributed by atoms with E-state index in [-0.39, 0.29) is 10.9 Å². The van der Waals surface area contributed by atoms with Crippen LogP contribution in [-0.2, 0) is 22.5 Å². The van der Waals surface area contributed by atoms with E-state index in [9.17, 15) is 14.4 Å². The minimum atomic E-state index is -1.42. The van der Waals surface area contributed by atoms with Crippen molar-refractivity contribution >= 4 is 51.7 Å². The second-order valence-electron chi connectivity index (χ2n) is 7.63. The van der Waals surface area contributed by atoms with E-state index >= 15 is 0 Å². The Hall–Kier alpha value is -1.44. The van der Waals surface area contributed by atoms with Gasteiger partial charge >= 0.3 is 0 Å². The van der Waals surface area contributed by atoms with Gasteiger partial charge in [-0.3, -0.25) is 4.40 Å². The van der Waals surface area contributed by atoms with Crippen molar-refractivity contribution in [2.45, 2.75) is 37.7 Å². The van der Waals surface area contributed by atoms with Crippen LogP contribution in [0, 0.1) is 11.3 Å². The highest BCUT2D eigenvalue weighted by Crippen LogP contribution is 2.32. The molecule has 1 fully saturated rings. The summed E-state index contributed by atoms with van der Waals surface area (Å²) in [6.07, 6.45) is 3.12. The van der Waals surface area contributed by atoms with E-state index in [1.807, 2.05) is 27.7 Å². The maximum Gasteiger partial charge on any atom is 0.167 e. The lowest BCUT2D eigenvalue weighted by Crippen LogP contribution is -2.46. The number of rotatable bonds is 3. The van der Waals surface area contributed by atoms with Crippen LogP contribution >= 0.6 is 11.6 Å². The minimum absolute atomic E-state index is 0.00642. The molecular weight excluding hydrogens is 418 g/mol. The molecule has 7 nitrogen and oxygen atoms in total. The third-order valence-electron chi connectivity index (χ3n) is 4.47. The average Bonchev–Trinajstić information content (AvgIpc) is 3.06. The second-order valence-corrected chi connectivity index (χ2v) is 11.9. The van der Waals surface area contributed by atoms with Gasteiger partial charge in [0.2, 0.25) is 0 Å². The molecule has 10 heteroatoms. The van der Waals surface area contributed by atoms with Crippen molar-refractivity contribution in [2.24, 2.45) is 4.40 Å².